The summed E-state index contributed by atoms with van der Waals surface area (Å²) in [6, 6.07) is 4.25. The largest absolute Gasteiger partial charge is 0.395 e. The van der Waals surface area contributed by atoms with Crippen LogP contribution in [-0.2, 0) is 6.54 Å². The van der Waals surface area contributed by atoms with E-state index in [0.29, 0.717) is 6.42 Å². The van der Waals surface area contributed by atoms with E-state index in [0.717, 1.165) is 18.0 Å². The van der Waals surface area contributed by atoms with Crippen LogP contribution in [0.15, 0.2) is 12.1 Å². The molecule has 0 bridgehead atoms. The van der Waals surface area contributed by atoms with Crippen LogP contribution in [-0.4, -0.2) is 29.7 Å². The highest BCUT2D eigenvalue weighted by atomic mass is 32.1. The number of nitrogens with zero attached hydrogens (tertiary/aromatic N) is 1. The third-order valence-corrected chi connectivity index (χ3v) is 3.75. The first kappa shape index (κ1) is 15.2. The summed E-state index contributed by atoms with van der Waals surface area (Å²) in [7, 11) is 0. The summed E-state index contributed by atoms with van der Waals surface area (Å²) in [6.07, 6.45) is 3.08. The molecule has 0 aliphatic heterocycles. The lowest BCUT2D eigenvalue weighted by atomic mass is 10.3. The zero-order valence-electron chi connectivity index (χ0n) is 11.4. The number of hydrogen-bond donors (Lipinski definition) is 1. The average molecular weight is 265 g/mol. The molecule has 0 radical (unpaired) electrons. The molecule has 1 N–H and O–H groups in total. The van der Waals surface area contributed by atoms with E-state index >= 15 is 0 Å². The highest BCUT2D eigenvalue weighted by molar-refractivity contribution is 7.12. The maximum atomic E-state index is 8.68. The SMILES string of the molecule is CCCCN(CC)Cc1ccc(C#CCCO)s1. The van der Waals surface area contributed by atoms with Crippen LogP contribution in [0.25, 0.3) is 0 Å². The topological polar surface area (TPSA) is 23.5 Å². The fourth-order valence-corrected chi connectivity index (χ4v) is 2.61. The molecule has 100 valence electrons. The van der Waals surface area contributed by atoms with E-state index in [2.05, 4.69) is 42.7 Å². The zero-order valence-corrected chi connectivity index (χ0v) is 12.2. The van der Waals surface area contributed by atoms with Crippen molar-refractivity contribution >= 4 is 11.3 Å². The molecule has 0 aliphatic carbocycles. The van der Waals surface area contributed by atoms with E-state index in [1.54, 1.807) is 11.3 Å². The van der Waals surface area contributed by atoms with Crippen LogP contribution in [0.2, 0.25) is 0 Å². The lowest BCUT2D eigenvalue weighted by Crippen LogP contribution is -2.23. The predicted molar refractivity (Wildman–Crippen MR) is 78.8 cm³/mol. The average Bonchev–Trinajstić information content (AvgIpc) is 2.82. The maximum absolute atomic E-state index is 8.68. The van der Waals surface area contributed by atoms with Crippen molar-refractivity contribution in [2.45, 2.75) is 39.7 Å². The minimum Gasteiger partial charge on any atom is -0.395 e. The Bertz CT molecular complexity index is 389. The molecule has 1 aromatic rings. The van der Waals surface area contributed by atoms with Crippen molar-refractivity contribution < 1.29 is 5.11 Å². The van der Waals surface area contributed by atoms with Crippen LogP contribution in [0.4, 0.5) is 0 Å². The molecule has 0 saturated carbocycles. The Kier molecular flexibility index (Phi) is 7.75. The number of rotatable bonds is 7. The number of aliphatic hydroxyl groups is 1. The fourth-order valence-electron chi connectivity index (χ4n) is 1.69. The normalized spacial score (nSPS) is 10.4. The smallest absolute Gasteiger partial charge is 0.0771 e. The number of unbranched alkanes of at least 4 members (excludes halogenated alkanes) is 1. The van der Waals surface area contributed by atoms with Crippen LogP contribution in [0.5, 0.6) is 0 Å². The summed E-state index contributed by atoms with van der Waals surface area (Å²) in [6.45, 7) is 7.90. The van der Waals surface area contributed by atoms with Crippen molar-refractivity contribution in [3.8, 4) is 11.8 Å². The third kappa shape index (κ3) is 5.68. The van der Waals surface area contributed by atoms with Gasteiger partial charge >= 0.3 is 0 Å². The van der Waals surface area contributed by atoms with E-state index in [1.807, 2.05) is 0 Å². The Morgan fingerprint density at radius 1 is 1.33 bits per heavy atom. The predicted octanol–water partition coefficient (Wildman–Crippen LogP) is 3.10. The molecule has 0 aromatic carbocycles. The summed E-state index contributed by atoms with van der Waals surface area (Å²) >= 11 is 1.76. The van der Waals surface area contributed by atoms with Crippen LogP contribution in [0.1, 0.15) is 42.9 Å². The van der Waals surface area contributed by atoms with Crippen molar-refractivity contribution in [2.75, 3.05) is 19.7 Å². The minimum atomic E-state index is 0.145. The Morgan fingerprint density at radius 2 is 2.17 bits per heavy atom. The Hall–Kier alpha value is -0.820. The lowest BCUT2D eigenvalue weighted by molar-refractivity contribution is 0.278. The summed E-state index contributed by atoms with van der Waals surface area (Å²) < 4.78 is 0. The summed E-state index contributed by atoms with van der Waals surface area (Å²) in [4.78, 5) is 4.95. The van der Waals surface area contributed by atoms with E-state index in [4.69, 9.17) is 5.11 Å². The fraction of sp³-hybridized carbons (Fsp3) is 0.600. The van der Waals surface area contributed by atoms with Gasteiger partial charge in [-0.25, -0.2) is 0 Å². The van der Waals surface area contributed by atoms with Gasteiger partial charge in [0.15, 0.2) is 0 Å². The zero-order chi connectivity index (χ0) is 13.2. The standard InChI is InChI=1S/C15H23NOS/c1-3-5-11-16(4-2)13-15-10-9-14(18-15)8-6-7-12-17/h9-10,17H,3-5,7,11-13H2,1-2H3. The highest BCUT2D eigenvalue weighted by Crippen LogP contribution is 2.17. The quantitative estimate of drug-likeness (QED) is 0.766. The van der Waals surface area contributed by atoms with Gasteiger partial charge in [0.2, 0.25) is 0 Å². The molecular formula is C15H23NOS. The molecule has 0 aliphatic rings. The third-order valence-electron chi connectivity index (χ3n) is 2.76. The Balaban J connectivity index is 2.49. The van der Waals surface area contributed by atoms with Gasteiger partial charge < -0.3 is 5.11 Å². The van der Waals surface area contributed by atoms with Gasteiger partial charge in [0.25, 0.3) is 0 Å². The second kappa shape index (κ2) is 9.16. The molecule has 0 saturated heterocycles. The van der Waals surface area contributed by atoms with Crippen molar-refractivity contribution in [3.63, 3.8) is 0 Å². The molecule has 0 fully saturated rings. The second-order valence-corrected chi connectivity index (χ2v) is 5.43. The van der Waals surface area contributed by atoms with Crippen molar-refractivity contribution in [2.24, 2.45) is 0 Å². The minimum absolute atomic E-state index is 0.145. The van der Waals surface area contributed by atoms with Gasteiger partial charge in [-0.1, -0.05) is 32.1 Å². The van der Waals surface area contributed by atoms with Crippen LogP contribution in [0.3, 0.4) is 0 Å². The van der Waals surface area contributed by atoms with E-state index in [1.165, 1.54) is 24.3 Å². The van der Waals surface area contributed by atoms with Crippen molar-refractivity contribution in [3.05, 3.63) is 21.9 Å². The number of hydrogen-bond acceptors (Lipinski definition) is 3. The maximum Gasteiger partial charge on any atom is 0.0771 e. The first-order valence-corrected chi connectivity index (χ1v) is 7.52. The Labute approximate surface area is 115 Å². The summed E-state index contributed by atoms with van der Waals surface area (Å²) in [5, 5.41) is 8.68. The molecule has 1 rings (SSSR count). The molecule has 0 atom stereocenters. The van der Waals surface area contributed by atoms with Gasteiger partial charge in [0.1, 0.15) is 0 Å². The van der Waals surface area contributed by atoms with E-state index < -0.39 is 0 Å². The number of aliphatic hydroxyl groups excluding tert-OH is 1. The Morgan fingerprint density at radius 3 is 2.83 bits per heavy atom. The molecule has 0 amide bonds. The van der Waals surface area contributed by atoms with Crippen LogP contribution >= 0.6 is 11.3 Å². The summed E-state index contributed by atoms with van der Waals surface area (Å²) in [5.41, 5.74) is 0. The molecule has 1 heterocycles. The molecule has 0 spiro atoms. The molecule has 2 nitrogen and oxygen atoms in total. The monoisotopic (exact) mass is 265 g/mol. The molecule has 18 heavy (non-hydrogen) atoms. The van der Waals surface area contributed by atoms with E-state index in [-0.39, 0.29) is 6.61 Å². The van der Waals surface area contributed by atoms with Gasteiger partial charge in [-0.2, -0.15) is 0 Å². The van der Waals surface area contributed by atoms with E-state index in [9.17, 15) is 0 Å². The highest BCUT2D eigenvalue weighted by Gasteiger charge is 2.05. The molecule has 1 aromatic heterocycles. The van der Waals surface area contributed by atoms with Gasteiger partial charge in [-0.05, 0) is 31.6 Å². The summed E-state index contributed by atoms with van der Waals surface area (Å²) in [5.74, 6) is 6.05. The van der Waals surface area contributed by atoms with Gasteiger partial charge in [-0.15, -0.1) is 11.3 Å². The van der Waals surface area contributed by atoms with Crippen LogP contribution < -0.4 is 0 Å². The van der Waals surface area contributed by atoms with Gasteiger partial charge in [-0.3, -0.25) is 4.90 Å². The second-order valence-electron chi connectivity index (χ2n) is 4.26. The van der Waals surface area contributed by atoms with Crippen molar-refractivity contribution in [1.29, 1.82) is 0 Å². The van der Waals surface area contributed by atoms with Gasteiger partial charge in [0.05, 0.1) is 11.5 Å². The number of thiophene rings is 1. The first-order chi connectivity index (χ1) is 8.80. The first-order valence-electron chi connectivity index (χ1n) is 6.71. The van der Waals surface area contributed by atoms with Crippen LogP contribution in [0, 0.1) is 11.8 Å². The molecule has 3 heteroatoms. The van der Waals surface area contributed by atoms with Crippen molar-refractivity contribution in [1.82, 2.24) is 4.90 Å². The molecular weight excluding hydrogens is 242 g/mol. The molecule has 0 unspecified atom stereocenters. The lowest BCUT2D eigenvalue weighted by Gasteiger charge is -2.18. The van der Waals surface area contributed by atoms with Gasteiger partial charge in [0, 0.05) is 17.8 Å².